The fourth-order valence-corrected chi connectivity index (χ4v) is 2.36. The molecule has 2 aromatic heterocycles. The molecule has 0 saturated carbocycles. The fourth-order valence-electron chi connectivity index (χ4n) is 1.74. The minimum atomic E-state index is 0.508. The van der Waals surface area contributed by atoms with Gasteiger partial charge in [-0.15, -0.1) is 20.4 Å². The van der Waals surface area contributed by atoms with Gasteiger partial charge in [-0.3, -0.25) is 0 Å². The van der Waals surface area contributed by atoms with Crippen molar-refractivity contribution in [2.75, 3.05) is 0 Å². The molecule has 21 heavy (non-hydrogen) atoms. The maximum atomic E-state index is 5.61. The number of thioether (sulfide) groups is 1. The summed E-state index contributed by atoms with van der Waals surface area (Å²) in [6.07, 6.45) is 1.78. The second-order valence-electron chi connectivity index (χ2n) is 4.37. The molecule has 2 heterocycles. The van der Waals surface area contributed by atoms with Gasteiger partial charge in [-0.25, -0.2) is 0 Å². The summed E-state index contributed by atoms with van der Waals surface area (Å²) in [5.41, 5.74) is 0.907. The van der Waals surface area contributed by atoms with Crippen molar-refractivity contribution in [3.8, 4) is 11.5 Å². The summed E-state index contributed by atoms with van der Waals surface area (Å²) in [6.45, 7) is 2.07. The van der Waals surface area contributed by atoms with Gasteiger partial charge in [0.25, 0.3) is 5.22 Å². The third kappa shape index (κ3) is 3.49. The number of hydrogen-bond acceptors (Lipinski definition) is 7. The zero-order chi connectivity index (χ0) is 14.5. The molecule has 108 valence electrons. The van der Waals surface area contributed by atoms with Crippen LogP contribution in [-0.4, -0.2) is 20.4 Å². The first-order chi connectivity index (χ1) is 10.3. The molecule has 0 spiro atoms. The highest BCUT2D eigenvalue weighted by molar-refractivity contribution is 7.98. The molecular formula is C14H14N4O2S. The summed E-state index contributed by atoms with van der Waals surface area (Å²) in [7, 11) is 0. The van der Waals surface area contributed by atoms with Crippen molar-refractivity contribution in [2.45, 2.75) is 30.7 Å². The van der Waals surface area contributed by atoms with Crippen LogP contribution in [0.25, 0.3) is 11.5 Å². The molecule has 0 bridgehead atoms. The highest BCUT2D eigenvalue weighted by Gasteiger charge is 2.11. The van der Waals surface area contributed by atoms with E-state index in [1.54, 1.807) is 0 Å². The smallest absolute Gasteiger partial charge is 0.277 e. The van der Waals surface area contributed by atoms with Crippen LogP contribution in [0.3, 0.4) is 0 Å². The van der Waals surface area contributed by atoms with E-state index in [2.05, 4.69) is 27.3 Å². The van der Waals surface area contributed by atoms with Gasteiger partial charge in [0.05, 0.1) is 5.75 Å². The zero-order valence-corrected chi connectivity index (χ0v) is 12.3. The summed E-state index contributed by atoms with van der Waals surface area (Å²) < 4.78 is 11.1. The van der Waals surface area contributed by atoms with Crippen LogP contribution >= 0.6 is 11.8 Å². The maximum Gasteiger partial charge on any atom is 0.277 e. The summed E-state index contributed by atoms with van der Waals surface area (Å²) in [5, 5.41) is 16.5. The Hall–Kier alpha value is -2.15. The predicted octanol–water partition coefficient (Wildman–Crippen LogP) is 3.36. The van der Waals surface area contributed by atoms with Crippen LogP contribution in [0.4, 0.5) is 0 Å². The van der Waals surface area contributed by atoms with Gasteiger partial charge in [0.1, 0.15) is 0 Å². The van der Waals surface area contributed by atoms with Gasteiger partial charge in [-0.2, -0.15) is 0 Å². The van der Waals surface area contributed by atoms with Crippen LogP contribution in [-0.2, 0) is 12.2 Å². The molecule has 3 aromatic rings. The minimum absolute atomic E-state index is 0.508. The molecule has 0 unspecified atom stereocenters. The van der Waals surface area contributed by atoms with E-state index in [1.807, 2.05) is 30.3 Å². The Bertz CT molecular complexity index is 696. The average Bonchev–Trinajstić information content (AvgIpc) is 3.16. The Labute approximate surface area is 126 Å². The number of aromatic nitrogens is 4. The van der Waals surface area contributed by atoms with Crippen molar-refractivity contribution in [3.05, 3.63) is 42.1 Å². The maximum absolute atomic E-state index is 5.61. The Morgan fingerprint density at radius 2 is 1.76 bits per heavy atom. The van der Waals surface area contributed by atoms with Gasteiger partial charge in [-0.05, 0) is 18.6 Å². The Balaban J connectivity index is 1.62. The molecule has 0 N–H and O–H groups in total. The van der Waals surface area contributed by atoms with Gasteiger partial charge in [-0.1, -0.05) is 36.9 Å². The molecule has 0 atom stereocenters. The molecule has 6 nitrogen and oxygen atoms in total. The van der Waals surface area contributed by atoms with Crippen LogP contribution in [0, 0.1) is 0 Å². The highest BCUT2D eigenvalue weighted by Crippen LogP contribution is 2.23. The first kappa shape index (κ1) is 13.8. The average molecular weight is 302 g/mol. The molecule has 0 radical (unpaired) electrons. The van der Waals surface area contributed by atoms with E-state index in [1.165, 1.54) is 11.8 Å². The number of aryl methyl sites for hydroxylation is 1. The SMILES string of the molecule is CCCc1nnc(SCc2nnc(-c3ccccc3)o2)o1. The van der Waals surface area contributed by atoms with E-state index in [4.69, 9.17) is 8.83 Å². The standard InChI is InChI=1S/C14H14N4O2S/c1-2-6-11-15-18-14(20-11)21-9-12-16-17-13(19-12)10-7-4-3-5-8-10/h3-5,7-8H,2,6,9H2,1H3. The Kier molecular flexibility index (Phi) is 4.30. The van der Waals surface area contributed by atoms with Crippen molar-refractivity contribution >= 4 is 11.8 Å². The predicted molar refractivity (Wildman–Crippen MR) is 77.6 cm³/mol. The van der Waals surface area contributed by atoms with E-state index in [9.17, 15) is 0 Å². The quantitative estimate of drug-likeness (QED) is 0.646. The van der Waals surface area contributed by atoms with Crippen LogP contribution in [0.15, 0.2) is 44.4 Å². The molecule has 0 fully saturated rings. The lowest BCUT2D eigenvalue weighted by Gasteiger charge is -1.93. The fraction of sp³-hybridized carbons (Fsp3) is 0.286. The first-order valence-corrected chi connectivity index (χ1v) is 7.66. The minimum Gasteiger partial charge on any atom is -0.420 e. The molecule has 0 saturated heterocycles. The summed E-state index contributed by atoms with van der Waals surface area (Å²) in [5.74, 6) is 2.22. The van der Waals surface area contributed by atoms with Crippen molar-refractivity contribution in [1.29, 1.82) is 0 Å². The Morgan fingerprint density at radius 1 is 0.952 bits per heavy atom. The summed E-state index contributed by atoms with van der Waals surface area (Å²) in [6, 6.07) is 9.67. The molecular weight excluding hydrogens is 288 g/mol. The second kappa shape index (κ2) is 6.53. The summed E-state index contributed by atoms with van der Waals surface area (Å²) >= 11 is 1.39. The highest BCUT2D eigenvalue weighted by atomic mass is 32.2. The normalized spacial score (nSPS) is 10.9. The van der Waals surface area contributed by atoms with E-state index in [0.29, 0.717) is 28.6 Å². The topological polar surface area (TPSA) is 77.8 Å². The summed E-state index contributed by atoms with van der Waals surface area (Å²) in [4.78, 5) is 0. The van der Waals surface area contributed by atoms with Gasteiger partial charge in [0.2, 0.25) is 17.7 Å². The van der Waals surface area contributed by atoms with Crippen molar-refractivity contribution in [3.63, 3.8) is 0 Å². The van der Waals surface area contributed by atoms with E-state index in [0.717, 1.165) is 18.4 Å². The number of benzene rings is 1. The lowest BCUT2D eigenvalue weighted by atomic mass is 10.2. The van der Waals surface area contributed by atoms with E-state index >= 15 is 0 Å². The Morgan fingerprint density at radius 3 is 2.57 bits per heavy atom. The molecule has 7 heteroatoms. The van der Waals surface area contributed by atoms with Gasteiger partial charge in [0, 0.05) is 12.0 Å². The van der Waals surface area contributed by atoms with Gasteiger partial charge in [0.15, 0.2) is 0 Å². The first-order valence-electron chi connectivity index (χ1n) is 6.68. The van der Waals surface area contributed by atoms with Crippen molar-refractivity contribution < 1.29 is 8.83 Å². The molecule has 0 aliphatic rings. The third-order valence-electron chi connectivity index (χ3n) is 2.72. The number of nitrogens with zero attached hydrogens (tertiary/aromatic N) is 4. The lowest BCUT2D eigenvalue weighted by Crippen LogP contribution is -1.80. The van der Waals surface area contributed by atoms with Crippen LogP contribution in [0.5, 0.6) is 0 Å². The second-order valence-corrected chi connectivity index (χ2v) is 5.29. The van der Waals surface area contributed by atoms with Crippen LogP contribution < -0.4 is 0 Å². The number of hydrogen-bond donors (Lipinski definition) is 0. The van der Waals surface area contributed by atoms with E-state index < -0.39 is 0 Å². The van der Waals surface area contributed by atoms with Crippen LogP contribution in [0.1, 0.15) is 25.1 Å². The molecule has 0 aliphatic carbocycles. The van der Waals surface area contributed by atoms with Gasteiger partial charge < -0.3 is 8.83 Å². The van der Waals surface area contributed by atoms with Crippen molar-refractivity contribution in [1.82, 2.24) is 20.4 Å². The molecule has 0 amide bonds. The number of rotatable bonds is 6. The van der Waals surface area contributed by atoms with E-state index in [-0.39, 0.29) is 0 Å². The lowest BCUT2D eigenvalue weighted by molar-refractivity contribution is 0.411. The van der Waals surface area contributed by atoms with Gasteiger partial charge >= 0.3 is 0 Å². The van der Waals surface area contributed by atoms with Crippen molar-refractivity contribution in [2.24, 2.45) is 0 Å². The third-order valence-corrected chi connectivity index (χ3v) is 3.52. The zero-order valence-electron chi connectivity index (χ0n) is 11.5. The molecule has 0 aliphatic heterocycles. The van der Waals surface area contributed by atoms with Crippen LogP contribution in [0.2, 0.25) is 0 Å². The monoisotopic (exact) mass is 302 g/mol. The molecule has 3 rings (SSSR count). The molecule has 1 aromatic carbocycles. The largest absolute Gasteiger partial charge is 0.420 e.